The molecule has 0 aliphatic carbocycles. The minimum absolute atomic E-state index is 0.0667. The first-order valence-corrected chi connectivity index (χ1v) is 6.34. The van der Waals surface area contributed by atoms with E-state index in [9.17, 15) is 24.1 Å². The number of nitrogens with one attached hydrogen (secondary N) is 1. The molecule has 8 nitrogen and oxygen atoms in total. The third-order valence-corrected chi connectivity index (χ3v) is 2.87. The Bertz CT molecular complexity index is 780. The van der Waals surface area contributed by atoms with E-state index in [1.165, 1.54) is 18.3 Å². The average Bonchev–Trinajstić information content (AvgIpc) is 2.79. The quantitative estimate of drug-likeness (QED) is 0.509. The van der Waals surface area contributed by atoms with Crippen molar-refractivity contribution >= 4 is 11.7 Å². The molecule has 1 heterocycles. The van der Waals surface area contributed by atoms with Crippen molar-refractivity contribution < 1.29 is 18.8 Å². The Morgan fingerprint density at radius 2 is 2.23 bits per heavy atom. The van der Waals surface area contributed by atoms with Gasteiger partial charge in [-0.3, -0.25) is 24.8 Å². The number of nitro groups is 1. The maximum absolute atomic E-state index is 13.6. The highest BCUT2D eigenvalue weighted by molar-refractivity contribution is 5.72. The lowest BCUT2D eigenvalue weighted by Gasteiger charge is -2.03. The molecule has 9 heteroatoms. The lowest BCUT2D eigenvalue weighted by Crippen LogP contribution is -2.21. The molecular formula is C13H12FN3O5. The van der Waals surface area contributed by atoms with Crippen molar-refractivity contribution in [2.24, 2.45) is 0 Å². The van der Waals surface area contributed by atoms with E-state index < -0.39 is 28.0 Å². The topological polar surface area (TPSA) is 107 Å². The largest absolute Gasteiger partial charge is 0.466 e. The van der Waals surface area contributed by atoms with E-state index in [1.807, 2.05) is 0 Å². The van der Waals surface area contributed by atoms with E-state index in [4.69, 9.17) is 4.74 Å². The highest BCUT2D eigenvalue weighted by atomic mass is 19.1. The molecule has 0 fully saturated rings. The third kappa shape index (κ3) is 2.87. The molecule has 22 heavy (non-hydrogen) atoms. The van der Waals surface area contributed by atoms with Crippen molar-refractivity contribution in [3.05, 3.63) is 56.2 Å². The number of aromatic amines is 1. The number of halogens is 1. The Balaban J connectivity index is 2.46. The molecule has 0 bridgehead atoms. The van der Waals surface area contributed by atoms with E-state index in [0.717, 1.165) is 10.7 Å². The second kappa shape index (κ2) is 6.20. The summed E-state index contributed by atoms with van der Waals surface area (Å²) in [6.07, 6.45) is 0.952. The lowest BCUT2D eigenvalue weighted by molar-refractivity contribution is -0.387. The zero-order valence-electron chi connectivity index (χ0n) is 11.5. The number of H-pyrrole nitrogens is 1. The fourth-order valence-corrected chi connectivity index (χ4v) is 1.94. The Morgan fingerprint density at radius 3 is 2.86 bits per heavy atom. The third-order valence-electron chi connectivity index (χ3n) is 2.87. The van der Waals surface area contributed by atoms with Gasteiger partial charge in [0.05, 0.1) is 18.0 Å². The monoisotopic (exact) mass is 309 g/mol. The van der Waals surface area contributed by atoms with Crippen LogP contribution in [-0.4, -0.2) is 27.3 Å². The summed E-state index contributed by atoms with van der Waals surface area (Å²) in [6.45, 7) is 1.80. The second-order valence-corrected chi connectivity index (χ2v) is 4.29. The van der Waals surface area contributed by atoms with Crippen LogP contribution in [0.2, 0.25) is 0 Å². The van der Waals surface area contributed by atoms with Crippen LogP contribution in [0, 0.1) is 15.9 Å². The molecular weight excluding hydrogens is 297 g/mol. The van der Waals surface area contributed by atoms with Gasteiger partial charge in [0, 0.05) is 11.8 Å². The minimum atomic E-state index is -1.06. The lowest BCUT2D eigenvalue weighted by atomic mass is 10.2. The molecule has 1 aromatic heterocycles. The van der Waals surface area contributed by atoms with Crippen LogP contribution in [0.15, 0.2) is 29.2 Å². The van der Waals surface area contributed by atoms with Crippen LogP contribution < -0.4 is 5.56 Å². The summed E-state index contributed by atoms with van der Waals surface area (Å²) < 4.78 is 19.1. The fourth-order valence-electron chi connectivity index (χ4n) is 1.94. The number of carbonyl (C=O) groups excluding carboxylic acids is 1. The van der Waals surface area contributed by atoms with Gasteiger partial charge >= 0.3 is 11.7 Å². The smallest absolute Gasteiger partial charge is 0.330 e. The van der Waals surface area contributed by atoms with Crippen molar-refractivity contribution in [2.45, 2.75) is 13.3 Å². The predicted molar refractivity (Wildman–Crippen MR) is 73.3 cm³/mol. The van der Waals surface area contributed by atoms with E-state index in [2.05, 4.69) is 5.10 Å². The molecule has 0 aliphatic rings. The Morgan fingerprint density at radius 1 is 1.50 bits per heavy atom. The molecule has 0 atom stereocenters. The van der Waals surface area contributed by atoms with Gasteiger partial charge in [-0.15, -0.1) is 0 Å². The van der Waals surface area contributed by atoms with Gasteiger partial charge in [0.25, 0.3) is 5.56 Å². The molecule has 1 aromatic carbocycles. The number of para-hydroxylation sites is 1. The zero-order valence-corrected chi connectivity index (χ0v) is 11.5. The Labute approximate surface area is 123 Å². The predicted octanol–water partition coefficient (Wildman–Crippen LogP) is 1.32. The van der Waals surface area contributed by atoms with Gasteiger partial charge in [0.2, 0.25) is 5.82 Å². The number of esters is 1. The number of nitro benzene ring substituents is 1. The van der Waals surface area contributed by atoms with Gasteiger partial charge in [-0.2, -0.15) is 4.39 Å². The van der Waals surface area contributed by atoms with E-state index >= 15 is 0 Å². The van der Waals surface area contributed by atoms with Gasteiger partial charge in [0.1, 0.15) is 5.69 Å². The number of hydrogen-bond donors (Lipinski definition) is 1. The maximum atomic E-state index is 13.6. The number of ether oxygens (including phenoxy) is 1. The summed E-state index contributed by atoms with van der Waals surface area (Å²) in [5.41, 5.74) is -1.68. The van der Waals surface area contributed by atoms with Crippen LogP contribution in [0.1, 0.15) is 12.5 Å². The van der Waals surface area contributed by atoms with Crippen LogP contribution in [0.4, 0.5) is 10.1 Å². The molecule has 1 N–H and O–H groups in total. The van der Waals surface area contributed by atoms with Crippen LogP contribution in [0.5, 0.6) is 0 Å². The first-order chi connectivity index (χ1) is 10.5. The van der Waals surface area contributed by atoms with Crippen molar-refractivity contribution in [1.29, 1.82) is 0 Å². The first-order valence-electron chi connectivity index (χ1n) is 6.34. The molecule has 0 amide bonds. The van der Waals surface area contributed by atoms with E-state index in [1.54, 1.807) is 6.92 Å². The number of carbonyl (C=O) groups is 1. The molecule has 0 unspecified atom stereocenters. The first kappa shape index (κ1) is 15.4. The summed E-state index contributed by atoms with van der Waals surface area (Å²) in [7, 11) is 0. The van der Waals surface area contributed by atoms with Crippen LogP contribution in [-0.2, 0) is 16.0 Å². The summed E-state index contributed by atoms with van der Waals surface area (Å²) in [5, 5.41) is 13.4. The van der Waals surface area contributed by atoms with Crippen molar-refractivity contribution in [3.63, 3.8) is 0 Å². The number of rotatable bonds is 5. The van der Waals surface area contributed by atoms with Gasteiger partial charge < -0.3 is 4.74 Å². The normalized spacial score (nSPS) is 10.5. The van der Waals surface area contributed by atoms with Crippen molar-refractivity contribution in [2.75, 3.05) is 6.61 Å². The van der Waals surface area contributed by atoms with E-state index in [0.29, 0.717) is 0 Å². The Hall–Kier alpha value is -2.97. The molecule has 0 spiro atoms. The van der Waals surface area contributed by atoms with Crippen LogP contribution >= 0.6 is 0 Å². The zero-order chi connectivity index (χ0) is 16.3. The molecule has 0 aliphatic heterocycles. The molecule has 0 saturated heterocycles. The number of aromatic nitrogens is 2. The number of benzene rings is 1. The fraction of sp³-hybridized carbons (Fsp3) is 0.231. The van der Waals surface area contributed by atoms with E-state index in [-0.39, 0.29) is 24.3 Å². The maximum Gasteiger partial charge on any atom is 0.330 e. The average molecular weight is 309 g/mol. The molecule has 2 rings (SSSR count). The van der Waals surface area contributed by atoms with Gasteiger partial charge in [-0.25, -0.2) is 4.68 Å². The highest BCUT2D eigenvalue weighted by Gasteiger charge is 2.23. The van der Waals surface area contributed by atoms with Crippen LogP contribution in [0.3, 0.4) is 0 Å². The summed E-state index contributed by atoms with van der Waals surface area (Å²) in [6, 6.07) is 3.40. The highest BCUT2D eigenvalue weighted by Crippen LogP contribution is 2.24. The number of hydrogen-bond acceptors (Lipinski definition) is 5. The second-order valence-electron chi connectivity index (χ2n) is 4.29. The molecule has 116 valence electrons. The van der Waals surface area contributed by atoms with Crippen molar-refractivity contribution in [1.82, 2.24) is 9.78 Å². The van der Waals surface area contributed by atoms with Crippen LogP contribution in [0.25, 0.3) is 5.69 Å². The summed E-state index contributed by atoms with van der Waals surface area (Å²) >= 11 is 0. The number of nitrogens with zero attached hydrogens (tertiary/aromatic N) is 2. The molecule has 2 aromatic rings. The molecule has 0 radical (unpaired) electrons. The molecule has 0 saturated carbocycles. The summed E-state index contributed by atoms with van der Waals surface area (Å²) in [5.74, 6) is -1.66. The van der Waals surface area contributed by atoms with Gasteiger partial charge in [-0.05, 0) is 19.1 Å². The Kier molecular flexibility index (Phi) is 4.35. The van der Waals surface area contributed by atoms with Gasteiger partial charge in [0.15, 0.2) is 0 Å². The SMILES string of the molecule is CCOC(=O)Cc1c[nH]n(-c2cccc(F)c2[N+](=O)[O-])c1=O. The summed E-state index contributed by atoms with van der Waals surface area (Å²) in [4.78, 5) is 33.6. The van der Waals surface area contributed by atoms with Crippen molar-refractivity contribution in [3.8, 4) is 5.69 Å². The minimum Gasteiger partial charge on any atom is -0.466 e. The standard InChI is InChI=1S/C13H12FN3O5/c1-2-22-11(18)6-8-7-15-16(13(8)19)10-5-3-4-9(14)12(10)17(20)21/h3-5,7,15H,2,6H2,1H3. The van der Waals surface area contributed by atoms with Gasteiger partial charge in [-0.1, -0.05) is 6.07 Å².